The molecule has 17 nitrogen and oxygen atoms in total. The number of likely N-dealkylation sites (tertiary alicyclic amines) is 1. The zero-order valence-corrected chi connectivity index (χ0v) is 29.0. The second-order valence-corrected chi connectivity index (χ2v) is 13.5. The van der Waals surface area contributed by atoms with Crippen molar-refractivity contribution in [1.29, 1.82) is 0 Å². The second-order valence-electron chi connectivity index (χ2n) is 13.5. The van der Waals surface area contributed by atoms with Gasteiger partial charge < -0.3 is 20.3 Å². The molecule has 0 spiro atoms. The fraction of sp³-hybridized carbons (Fsp3) is 0.471. The van der Waals surface area contributed by atoms with Crippen LogP contribution in [-0.4, -0.2) is 93.3 Å². The third kappa shape index (κ3) is 6.74. The third-order valence-corrected chi connectivity index (χ3v) is 9.54. The summed E-state index contributed by atoms with van der Waals surface area (Å²) in [6.45, 7) is 7.84. The van der Waals surface area contributed by atoms with Gasteiger partial charge in [0.15, 0.2) is 5.65 Å². The highest BCUT2D eigenvalue weighted by molar-refractivity contribution is 6.00. The molecule has 6 heterocycles. The molecule has 2 aliphatic heterocycles. The summed E-state index contributed by atoms with van der Waals surface area (Å²) < 4.78 is 10.7. The van der Waals surface area contributed by atoms with Crippen molar-refractivity contribution in [3.8, 4) is 17.1 Å². The molecule has 2 saturated heterocycles. The molecular formula is C34H42N12O5. The average molecular weight is 699 g/mol. The van der Waals surface area contributed by atoms with Gasteiger partial charge in [0.2, 0.25) is 29.5 Å². The Labute approximate surface area is 292 Å². The first-order valence-electron chi connectivity index (χ1n) is 17.3. The Morgan fingerprint density at radius 3 is 2.73 bits per heavy atom. The van der Waals surface area contributed by atoms with Crippen molar-refractivity contribution in [3.05, 3.63) is 47.3 Å². The van der Waals surface area contributed by atoms with Gasteiger partial charge in [-0.25, -0.2) is 9.78 Å². The van der Waals surface area contributed by atoms with Crippen LogP contribution in [-0.2, 0) is 21.4 Å². The first-order valence-corrected chi connectivity index (χ1v) is 17.3. The van der Waals surface area contributed by atoms with Gasteiger partial charge in [-0.05, 0) is 57.2 Å². The Hall–Kier alpha value is -5.74. The topological polar surface area (TPSA) is 198 Å². The number of imide groups is 1. The predicted octanol–water partition coefficient (Wildman–Crippen LogP) is 2.47. The van der Waals surface area contributed by atoms with E-state index in [1.807, 2.05) is 36.9 Å². The van der Waals surface area contributed by atoms with Crippen LogP contribution in [0.5, 0.6) is 5.88 Å². The van der Waals surface area contributed by atoms with E-state index in [2.05, 4.69) is 43.0 Å². The van der Waals surface area contributed by atoms with E-state index in [-0.39, 0.29) is 48.4 Å². The quantitative estimate of drug-likeness (QED) is 0.117. The number of benzene rings is 1. The van der Waals surface area contributed by atoms with Gasteiger partial charge in [-0.15, -0.1) is 5.10 Å². The number of imidazole rings is 1. The van der Waals surface area contributed by atoms with Crippen LogP contribution in [0.4, 0.5) is 11.6 Å². The molecule has 51 heavy (non-hydrogen) atoms. The van der Waals surface area contributed by atoms with Gasteiger partial charge in [-0.3, -0.25) is 33.9 Å². The number of aryl methyl sites for hydroxylation is 1. The van der Waals surface area contributed by atoms with E-state index >= 15 is 0 Å². The number of aromatic amines is 1. The highest BCUT2D eigenvalue weighted by Crippen LogP contribution is 2.30. The number of amides is 3. The SMILES string of the molecule is CC(C)Oc1c(-c2cn[nH]c2)ncc2nc(N[C@H]3CCN(C(=O)CCCNc4ccc5c(c4)n(C)c(=O)n5C4CCC(=O)NC4=O)C[C@H]3C)nn12. The number of H-pyrrole nitrogens is 1. The minimum absolute atomic E-state index is 0.0830. The van der Waals surface area contributed by atoms with Gasteiger partial charge >= 0.3 is 5.69 Å². The average Bonchev–Trinajstić information content (AvgIpc) is 3.84. The number of carbonyl (C=O) groups is 3. The number of hydrogen-bond donors (Lipinski definition) is 4. The molecule has 1 aromatic carbocycles. The third-order valence-electron chi connectivity index (χ3n) is 9.54. The Balaban J connectivity index is 0.922. The van der Waals surface area contributed by atoms with Crippen LogP contribution in [0, 0.1) is 5.92 Å². The van der Waals surface area contributed by atoms with E-state index in [1.165, 1.54) is 9.13 Å². The standard InChI is InChI=1S/C34H42N12O5/c1-19(2)51-32-30(21-15-37-38-16-21)36-17-27-40-33(42-46(27)32)39-23-11-13-44(18-20(23)3)29(48)6-5-12-35-22-7-8-24-26(14-22)43(4)34(50)45(24)25-9-10-28(47)41-31(25)49/h7-8,14-17,19-20,23,25,35H,5-6,9-13,18H2,1-4H3,(H,37,38)(H,39,42)(H,41,47,49)/t20-,23+,25?/m1/s1. The summed E-state index contributed by atoms with van der Waals surface area (Å²) >= 11 is 0. The minimum Gasteiger partial charge on any atom is -0.473 e. The summed E-state index contributed by atoms with van der Waals surface area (Å²) in [5.41, 5.74) is 3.76. The zero-order chi connectivity index (χ0) is 35.8. The first-order chi connectivity index (χ1) is 24.6. The molecular weight excluding hydrogens is 656 g/mol. The Morgan fingerprint density at radius 1 is 1.14 bits per heavy atom. The van der Waals surface area contributed by atoms with Gasteiger partial charge in [0, 0.05) is 63.0 Å². The molecule has 2 aliphatic rings. The molecule has 0 saturated carbocycles. The molecule has 17 heteroatoms. The summed E-state index contributed by atoms with van der Waals surface area (Å²) in [6, 6.07) is 4.89. The van der Waals surface area contributed by atoms with Crippen LogP contribution in [0.2, 0.25) is 0 Å². The molecule has 3 atom stereocenters. The van der Waals surface area contributed by atoms with E-state index in [4.69, 9.17) is 9.84 Å². The van der Waals surface area contributed by atoms with Crippen molar-refractivity contribution in [1.82, 2.24) is 49.1 Å². The van der Waals surface area contributed by atoms with Gasteiger partial charge in [0.25, 0.3) is 0 Å². The maximum absolute atomic E-state index is 13.2. The molecule has 0 bridgehead atoms. The van der Waals surface area contributed by atoms with Crippen LogP contribution in [0.15, 0.2) is 41.6 Å². The van der Waals surface area contributed by atoms with E-state index in [0.717, 1.165) is 17.7 Å². The number of nitrogens with one attached hydrogen (secondary N) is 4. The number of carbonyl (C=O) groups excluding carboxylic acids is 3. The molecule has 4 N–H and O–H groups in total. The van der Waals surface area contributed by atoms with Gasteiger partial charge in [-0.1, -0.05) is 6.92 Å². The Bertz CT molecular complexity index is 2150. The van der Waals surface area contributed by atoms with Gasteiger partial charge in [-0.2, -0.15) is 14.6 Å². The minimum atomic E-state index is -0.729. The Morgan fingerprint density at radius 2 is 1.98 bits per heavy atom. The molecule has 0 radical (unpaired) electrons. The predicted molar refractivity (Wildman–Crippen MR) is 188 cm³/mol. The molecule has 2 fully saturated rings. The van der Waals surface area contributed by atoms with Crippen LogP contribution >= 0.6 is 0 Å². The number of rotatable bonds is 11. The van der Waals surface area contributed by atoms with E-state index in [1.54, 1.807) is 30.2 Å². The molecule has 7 rings (SSSR count). The van der Waals surface area contributed by atoms with Crippen molar-refractivity contribution in [2.45, 2.75) is 71.1 Å². The molecule has 1 unspecified atom stereocenters. The van der Waals surface area contributed by atoms with Crippen molar-refractivity contribution >= 4 is 46.0 Å². The normalized spacial score (nSPS) is 19.5. The van der Waals surface area contributed by atoms with E-state index < -0.39 is 11.9 Å². The Kier molecular flexibility index (Phi) is 9.18. The van der Waals surface area contributed by atoms with Crippen molar-refractivity contribution in [3.63, 3.8) is 0 Å². The zero-order valence-electron chi connectivity index (χ0n) is 29.0. The monoisotopic (exact) mass is 698 g/mol. The highest BCUT2D eigenvalue weighted by Gasteiger charge is 2.32. The van der Waals surface area contributed by atoms with Crippen LogP contribution < -0.4 is 26.4 Å². The molecule has 0 aliphatic carbocycles. The molecule has 3 amide bonds. The van der Waals surface area contributed by atoms with E-state index in [9.17, 15) is 19.2 Å². The number of ether oxygens (including phenoxy) is 1. The smallest absolute Gasteiger partial charge is 0.329 e. The van der Waals surface area contributed by atoms with Gasteiger partial charge in [0.05, 0.1) is 29.5 Å². The number of piperidine rings is 2. The van der Waals surface area contributed by atoms with Crippen LogP contribution in [0.3, 0.4) is 0 Å². The lowest BCUT2D eigenvalue weighted by Crippen LogP contribution is -2.47. The van der Waals surface area contributed by atoms with Crippen LogP contribution in [0.1, 0.15) is 58.9 Å². The molecule has 4 aromatic heterocycles. The second kappa shape index (κ2) is 13.9. The summed E-state index contributed by atoms with van der Waals surface area (Å²) in [6.07, 6.45) is 7.27. The first kappa shape index (κ1) is 33.7. The highest BCUT2D eigenvalue weighted by atomic mass is 16.5. The van der Waals surface area contributed by atoms with Crippen molar-refractivity contribution < 1.29 is 19.1 Å². The lowest BCUT2D eigenvalue weighted by Gasteiger charge is -2.37. The molecule has 268 valence electrons. The summed E-state index contributed by atoms with van der Waals surface area (Å²) in [7, 11) is 1.66. The number of hydrogen-bond acceptors (Lipinski definition) is 11. The number of anilines is 2. The maximum atomic E-state index is 13.2. The molecule has 5 aromatic rings. The van der Waals surface area contributed by atoms with E-state index in [0.29, 0.717) is 66.7 Å². The lowest BCUT2D eigenvalue weighted by atomic mass is 9.93. The number of aromatic nitrogens is 8. The van der Waals surface area contributed by atoms with Crippen LogP contribution in [0.25, 0.3) is 27.9 Å². The fourth-order valence-corrected chi connectivity index (χ4v) is 6.89. The lowest BCUT2D eigenvalue weighted by molar-refractivity contribution is -0.136. The number of fused-ring (bicyclic) bond motifs is 2. The van der Waals surface area contributed by atoms with Crippen molar-refractivity contribution in [2.75, 3.05) is 30.3 Å². The van der Waals surface area contributed by atoms with Crippen molar-refractivity contribution in [2.24, 2.45) is 13.0 Å². The largest absolute Gasteiger partial charge is 0.473 e. The number of nitrogens with zero attached hydrogens (tertiary/aromatic N) is 8. The van der Waals surface area contributed by atoms with Gasteiger partial charge in [0.1, 0.15) is 11.7 Å². The summed E-state index contributed by atoms with van der Waals surface area (Å²) in [5.74, 6) is 0.459. The fourth-order valence-electron chi connectivity index (χ4n) is 6.89. The maximum Gasteiger partial charge on any atom is 0.329 e. The summed E-state index contributed by atoms with van der Waals surface area (Å²) in [4.78, 5) is 61.5. The summed E-state index contributed by atoms with van der Waals surface area (Å²) in [5, 5.41) is 20.7.